The molecule has 0 aliphatic rings. The van der Waals surface area contributed by atoms with Gasteiger partial charge in [-0.15, -0.1) is 0 Å². The summed E-state index contributed by atoms with van der Waals surface area (Å²) in [5.74, 6) is 0. The second kappa shape index (κ2) is 252. The molecule has 1 atom stereocenters. The summed E-state index contributed by atoms with van der Waals surface area (Å²) in [6.07, 6.45) is 0. The van der Waals surface area contributed by atoms with E-state index in [1.165, 1.54) is 0 Å². The van der Waals surface area contributed by atoms with E-state index >= 15 is 0 Å². The molecule has 4 N–H and O–H groups in total. The molecule has 0 aromatic heterocycles. The average Bonchev–Trinajstić information content (AvgIpc) is 0. The van der Waals surface area contributed by atoms with Crippen LogP contribution < -0.4 is 0 Å². The number of hydrogen-bond donors (Lipinski definition) is 0. The van der Waals surface area contributed by atoms with Crippen molar-refractivity contribution in [3.63, 3.8) is 0 Å². The maximum atomic E-state index is 0. The number of hydrogen-bond acceptors (Lipinski definition) is 0. The Balaban J connectivity index is 0. The van der Waals surface area contributed by atoms with E-state index in [1.807, 2.05) is 0 Å². The Hall–Kier alpha value is 0.999. The maximum absolute atomic E-state index is 0. The Morgan fingerprint density at radius 1 is 0.571 bits per heavy atom. The van der Waals surface area contributed by atoms with Crippen LogP contribution in [0.2, 0.25) is 0 Å². The first-order valence-electron chi connectivity index (χ1n) is 0. The maximum Gasteiger partial charge on any atom is 0 e. The summed E-state index contributed by atoms with van der Waals surface area (Å²) >= 11 is 0. The van der Waals surface area contributed by atoms with Crippen LogP contribution in [0.5, 0.6) is 0 Å². The van der Waals surface area contributed by atoms with E-state index in [4.69, 9.17) is 0 Å². The van der Waals surface area contributed by atoms with E-state index in [1.54, 1.807) is 0 Å². The molecule has 0 aromatic rings. The molecule has 57 valence electrons. The summed E-state index contributed by atoms with van der Waals surface area (Å²) < 4.78 is 0. The minimum Gasteiger partial charge on any atom is -0.693 e. The molecule has 0 amide bonds. The van der Waals surface area contributed by atoms with Crippen molar-refractivity contribution in [2.24, 2.45) is 0 Å². The van der Waals surface area contributed by atoms with Crippen molar-refractivity contribution in [3.8, 4) is 0 Å². The first kappa shape index (κ1) is 392. The van der Waals surface area contributed by atoms with Gasteiger partial charge in [-0.25, -0.2) is 0 Å². The SMILES string of the molecule is P.[CH3-].[CH3-].[CH3-].[Ir].[NH2-].[NH2-]. The van der Waals surface area contributed by atoms with Crippen molar-refractivity contribution >= 4 is 9.90 Å². The fourth-order valence-corrected chi connectivity index (χ4v) is 0. The van der Waals surface area contributed by atoms with E-state index < -0.39 is 0 Å². The Labute approximate surface area is 65.0 Å². The summed E-state index contributed by atoms with van der Waals surface area (Å²) in [5, 5.41) is 0. The molecule has 0 aromatic carbocycles. The summed E-state index contributed by atoms with van der Waals surface area (Å²) in [4.78, 5) is 0. The molecule has 7 heavy (non-hydrogen) atoms. The van der Waals surface area contributed by atoms with Crippen molar-refractivity contribution in [2.45, 2.75) is 0 Å². The second-order valence-electron chi connectivity index (χ2n) is 0. The molecule has 0 bridgehead atoms. The molecule has 0 fully saturated rings. The van der Waals surface area contributed by atoms with Gasteiger partial charge in [-0.05, 0) is 0 Å². The predicted octanol–water partition coefficient (Wildman–Crippen LogP) is 2.84. The van der Waals surface area contributed by atoms with Crippen molar-refractivity contribution in [1.82, 2.24) is 0 Å². The summed E-state index contributed by atoms with van der Waals surface area (Å²) in [7, 11) is 0. The van der Waals surface area contributed by atoms with Crippen LogP contribution in [0.3, 0.4) is 0 Å². The van der Waals surface area contributed by atoms with Gasteiger partial charge >= 0.3 is 0 Å². The van der Waals surface area contributed by atoms with E-state index in [0.717, 1.165) is 0 Å². The van der Waals surface area contributed by atoms with Gasteiger partial charge in [0.25, 0.3) is 0 Å². The van der Waals surface area contributed by atoms with Gasteiger partial charge < -0.3 is 34.6 Å². The smallest absolute Gasteiger partial charge is 0 e. The molecule has 0 heterocycles. The Kier molecular flexibility index (Phi) is 14100. The molecule has 0 saturated carbocycles. The summed E-state index contributed by atoms with van der Waals surface area (Å²) in [5.41, 5.74) is 0. The Bertz CT molecular complexity index is 12.9. The topological polar surface area (TPSA) is 67.0 Å². The van der Waals surface area contributed by atoms with E-state index in [-0.39, 0.29) is 64.6 Å². The molecule has 0 aliphatic carbocycles. The van der Waals surface area contributed by atoms with Crippen LogP contribution in [0, 0.1) is 22.3 Å². The molecule has 0 spiro atoms. The fourth-order valence-electron chi connectivity index (χ4n) is 0. The molecule has 0 rings (SSSR count). The first-order chi connectivity index (χ1) is 0. The van der Waals surface area contributed by atoms with Gasteiger partial charge in [0.2, 0.25) is 0 Å². The zero-order chi connectivity index (χ0) is 0. The van der Waals surface area contributed by atoms with Crippen molar-refractivity contribution in [2.75, 3.05) is 0 Å². The quantitative estimate of drug-likeness (QED) is 0.488. The third kappa shape index (κ3) is 175. The van der Waals surface area contributed by atoms with Gasteiger partial charge in [0.05, 0.1) is 0 Å². The van der Waals surface area contributed by atoms with Crippen molar-refractivity contribution in [1.29, 1.82) is 0 Å². The van der Waals surface area contributed by atoms with Crippen LogP contribution in [0.15, 0.2) is 0 Å². The minimum atomic E-state index is 0. The van der Waals surface area contributed by atoms with Gasteiger partial charge in [-0.3, -0.25) is 0 Å². The average molecular weight is 303 g/mol. The van der Waals surface area contributed by atoms with Crippen LogP contribution in [0.1, 0.15) is 0 Å². The van der Waals surface area contributed by atoms with Crippen LogP contribution >= 0.6 is 9.90 Å². The molecule has 1 radical (unpaired) electrons. The van der Waals surface area contributed by atoms with Gasteiger partial charge in [-0.2, -0.15) is 9.90 Å². The molecule has 0 aliphatic heterocycles. The summed E-state index contributed by atoms with van der Waals surface area (Å²) in [6.45, 7) is 0. The normalized spacial score (nSPS) is 0. The Morgan fingerprint density at radius 3 is 0.571 bits per heavy atom. The standard InChI is InChI=1S/3CH3.Ir.2H2N.H3P/h3*1H3;;2*1H2;1H3/q3*-1;;2*-1;. The second-order valence-corrected chi connectivity index (χ2v) is 0. The molecule has 1 unspecified atom stereocenters. The van der Waals surface area contributed by atoms with Crippen LogP contribution in [-0.2, 0) is 20.1 Å². The van der Waals surface area contributed by atoms with Gasteiger partial charge in [0, 0.05) is 20.1 Å². The monoisotopic (exact) mass is 304 g/mol. The van der Waals surface area contributed by atoms with E-state index in [0.29, 0.717) is 0 Å². The third-order valence-corrected chi connectivity index (χ3v) is 0. The fraction of sp³-hybridized carbons (Fsp3) is 0. The van der Waals surface area contributed by atoms with E-state index in [9.17, 15) is 0 Å². The van der Waals surface area contributed by atoms with Gasteiger partial charge in [0.1, 0.15) is 0 Å². The zero-order valence-corrected chi connectivity index (χ0v) is 9.00. The summed E-state index contributed by atoms with van der Waals surface area (Å²) in [6, 6.07) is 0. The molecular weight excluding hydrogens is 287 g/mol. The number of rotatable bonds is 0. The molecule has 0 saturated heterocycles. The molecule has 4 heteroatoms. The largest absolute Gasteiger partial charge is 0.693 e. The van der Waals surface area contributed by atoms with Crippen LogP contribution in [0.25, 0.3) is 12.3 Å². The van der Waals surface area contributed by atoms with Crippen LogP contribution in [0.4, 0.5) is 0 Å². The van der Waals surface area contributed by atoms with Crippen molar-refractivity contribution in [3.05, 3.63) is 34.6 Å². The van der Waals surface area contributed by atoms with Crippen LogP contribution in [-0.4, -0.2) is 0 Å². The third-order valence-electron chi connectivity index (χ3n) is 0. The Morgan fingerprint density at radius 2 is 0.571 bits per heavy atom. The molecule has 2 nitrogen and oxygen atoms in total. The predicted molar refractivity (Wildman–Crippen MR) is 40.9 cm³/mol. The number of nitrogens with two attached hydrogens (primary N) is 2. The zero-order valence-electron chi connectivity index (χ0n) is 5.20. The van der Waals surface area contributed by atoms with Gasteiger partial charge in [0.15, 0.2) is 0 Å². The van der Waals surface area contributed by atoms with E-state index in [2.05, 4.69) is 0 Å². The molecular formula is C3H16IrN2P-5. The first-order valence-corrected chi connectivity index (χ1v) is 0. The minimum absolute atomic E-state index is 0. The van der Waals surface area contributed by atoms with Crippen molar-refractivity contribution < 1.29 is 20.1 Å². The van der Waals surface area contributed by atoms with Gasteiger partial charge in [-0.1, -0.05) is 0 Å².